The molecule has 0 unspecified atom stereocenters. The maximum Gasteiger partial charge on any atom is 0.277 e. The van der Waals surface area contributed by atoms with Crippen LogP contribution in [-0.4, -0.2) is 20.1 Å². The monoisotopic (exact) mass is 370 g/mol. The minimum absolute atomic E-state index is 0.0582. The standard InChI is InChI=1S/C19H19ClN4O2/c1-12-5-6-16-15(9-12)18-19(26)23(7-8-24(18)22-16)11-17(25)21-14-4-2-3-13(20)10-14/h2-4,7-8,10,12H,5-6,9,11H2,1H3,(H,21,25)/t12-/m1/s1. The average Bonchev–Trinajstić information content (AvgIpc) is 2.96. The Morgan fingerprint density at radius 3 is 3.04 bits per heavy atom. The molecule has 134 valence electrons. The summed E-state index contributed by atoms with van der Waals surface area (Å²) in [4.78, 5) is 25.2. The van der Waals surface area contributed by atoms with Gasteiger partial charge in [0, 0.05) is 28.7 Å². The lowest BCUT2D eigenvalue weighted by Gasteiger charge is -2.16. The van der Waals surface area contributed by atoms with E-state index in [-0.39, 0.29) is 18.0 Å². The molecule has 0 saturated heterocycles. The fourth-order valence-electron chi connectivity index (χ4n) is 3.49. The smallest absolute Gasteiger partial charge is 0.277 e. The molecular formula is C19H19ClN4O2. The average molecular weight is 371 g/mol. The Kier molecular flexibility index (Phi) is 4.28. The molecule has 0 saturated carbocycles. The van der Waals surface area contributed by atoms with Gasteiger partial charge in [0.2, 0.25) is 5.91 Å². The summed E-state index contributed by atoms with van der Waals surface area (Å²) in [6.07, 6.45) is 6.19. The predicted molar refractivity (Wildman–Crippen MR) is 101 cm³/mol. The molecule has 26 heavy (non-hydrogen) atoms. The van der Waals surface area contributed by atoms with Gasteiger partial charge in [-0.1, -0.05) is 24.6 Å². The van der Waals surface area contributed by atoms with E-state index in [9.17, 15) is 9.59 Å². The van der Waals surface area contributed by atoms with Gasteiger partial charge < -0.3 is 9.88 Å². The molecule has 2 aromatic heterocycles. The number of benzene rings is 1. The quantitative estimate of drug-likeness (QED) is 0.770. The highest BCUT2D eigenvalue weighted by Gasteiger charge is 2.23. The van der Waals surface area contributed by atoms with E-state index in [1.807, 2.05) is 0 Å². The SMILES string of the molecule is C[C@@H]1CCc2nn3ccn(CC(=O)Nc4cccc(Cl)c4)c(=O)c3c2C1. The number of nitrogens with zero attached hydrogens (tertiary/aromatic N) is 3. The Labute approximate surface area is 155 Å². The van der Waals surface area contributed by atoms with Crippen LogP contribution in [0.1, 0.15) is 24.6 Å². The Morgan fingerprint density at radius 1 is 1.38 bits per heavy atom. The summed E-state index contributed by atoms with van der Waals surface area (Å²) in [6, 6.07) is 6.92. The minimum Gasteiger partial charge on any atom is -0.324 e. The van der Waals surface area contributed by atoms with E-state index in [1.54, 1.807) is 41.2 Å². The normalized spacial score (nSPS) is 16.5. The molecule has 7 heteroatoms. The zero-order valence-electron chi connectivity index (χ0n) is 14.4. The summed E-state index contributed by atoms with van der Waals surface area (Å²) in [5.74, 6) is 0.259. The number of nitrogens with one attached hydrogen (secondary N) is 1. The van der Waals surface area contributed by atoms with Gasteiger partial charge in [0.15, 0.2) is 0 Å². The number of aryl methyl sites for hydroxylation is 1. The first-order valence-corrected chi connectivity index (χ1v) is 9.04. The predicted octanol–water partition coefficient (Wildman–Crippen LogP) is 2.91. The number of carbonyl (C=O) groups excluding carboxylic acids is 1. The Hall–Kier alpha value is -2.60. The summed E-state index contributed by atoms with van der Waals surface area (Å²) in [5, 5.41) is 7.84. The van der Waals surface area contributed by atoms with Gasteiger partial charge in [-0.05, 0) is 43.4 Å². The molecule has 6 nitrogen and oxygen atoms in total. The molecule has 1 aromatic carbocycles. The number of anilines is 1. The molecule has 0 spiro atoms. The molecule has 1 aliphatic carbocycles. The third-order valence-corrected chi connectivity index (χ3v) is 5.03. The van der Waals surface area contributed by atoms with E-state index in [4.69, 9.17) is 11.6 Å². The molecule has 1 atom stereocenters. The summed E-state index contributed by atoms with van der Waals surface area (Å²) in [7, 11) is 0. The van der Waals surface area contributed by atoms with E-state index in [0.29, 0.717) is 22.1 Å². The Morgan fingerprint density at radius 2 is 2.23 bits per heavy atom. The van der Waals surface area contributed by atoms with Crippen molar-refractivity contribution >= 4 is 28.7 Å². The number of aromatic nitrogens is 3. The van der Waals surface area contributed by atoms with Crippen molar-refractivity contribution in [1.29, 1.82) is 0 Å². The zero-order chi connectivity index (χ0) is 18.3. The van der Waals surface area contributed by atoms with Gasteiger partial charge in [-0.3, -0.25) is 9.59 Å². The van der Waals surface area contributed by atoms with Gasteiger partial charge in [0.25, 0.3) is 5.56 Å². The lowest BCUT2D eigenvalue weighted by molar-refractivity contribution is -0.116. The van der Waals surface area contributed by atoms with Gasteiger partial charge in [-0.25, -0.2) is 4.52 Å². The second-order valence-corrected chi connectivity index (χ2v) is 7.29. The first kappa shape index (κ1) is 16.8. The van der Waals surface area contributed by atoms with Gasteiger partial charge in [-0.2, -0.15) is 5.10 Å². The van der Waals surface area contributed by atoms with Crippen LogP contribution in [0, 0.1) is 5.92 Å². The lowest BCUT2D eigenvalue weighted by atomic mass is 9.88. The van der Waals surface area contributed by atoms with Crippen LogP contribution in [0.15, 0.2) is 41.5 Å². The highest BCUT2D eigenvalue weighted by Crippen LogP contribution is 2.26. The van der Waals surface area contributed by atoms with E-state index >= 15 is 0 Å². The summed E-state index contributed by atoms with van der Waals surface area (Å²) < 4.78 is 3.08. The van der Waals surface area contributed by atoms with Crippen LogP contribution in [0.4, 0.5) is 5.69 Å². The van der Waals surface area contributed by atoms with Crippen LogP contribution >= 0.6 is 11.6 Å². The van der Waals surface area contributed by atoms with Crippen molar-refractivity contribution in [2.45, 2.75) is 32.7 Å². The second kappa shape index (κ2) is 6.61. The molecule has 0 radical (unpaired) electrons. The molecule has 0 aliphatic heterocycles. The molecule has 4 rings (SSSR count). The Balaban J connectivity index is 1.63. The van der Waals surface area contributed by atoms with E-state index in [1.165, 1.54) is 4.57 Å². The minimum atomic E-state index is -0.277. The summed E-state index contributed by atoms with van der Waals surface area (Å²) >= 11 is 5.93. The largest absolute Gasteiger partial charge is 0.324 e. The highest BCUT2D eigenvalue weighted by atomic mass is 35.5. The molecule has 1 aliphatic rings. The summed E-state index contributed by atoms with van der Waals surface area (Å²) in [5.41, 5.74) is 3.04. The number of amides is 1. The number of hydrogen-bond acceptors (Lipinski definition) is 3. The zero-order valence-corrected chi connectivity index (χ0v) is 15.2. The molecule has 2 heterocycles. The van der Waals surface area contributed by atoms with Crippen LogP contribution in [0.3, 0.4) is 0 Å². The van der Waals surface area contributed by atoms with Crippen molar-refractivity contribution in [1.82, 2.24) is 14.2 Å². The molecule has 3 aromatic rings. The van der Waals surface area contributed by atoms with Crippen LogP contribution in [0.25, 0.3) is 5.52 Å². The topological polar surface area (TPSA) is 68.4 Å². The van der Waals surface area contributed by atoms with Gasteiger partial charge >= 0.3 is 0 Å². The van der Waals surface area contributed by atoms with Crippen LogP contribution < -0.4 is 10.9 Å². The number of carbonyl (C=O) groups is 1. The Bertz CT molecular complexity index is 1050. The number of hydrogen-bond donors (Lipinski definition) is 1. The van der Waals surface area contributed by atoms with Crippen molar-refractivity contribution in [2.24, 2.45) is 5.92 Å². The highest BCUT2D eigenvalue weighted by molar-refractivity contribution is 6.30. The van der Waals surface area contributed by atoms with Crippen molar-refractivity contribution in [3.63, 3.8) is 0 Å². The molecule has 0 fully saturated rings. The third-order valence-electron chi connectivity index (χ3n) is 4.79. The third kappa shape index (κ3) is 3.12. The molecular weight excluding hydrogens is 352 g/mol. The molecule has 0 bridgehead atoms. The first-order valence-electron chi connectivity index (χ1n) is 8.66. The lowest BCUT2D eigenvalue weighted by Crippen LogP contribution is -2.28. The maximum atomic E-state index is 12.9. The van der Waals surface area contributed by atoms with Crippen molar-refractivity contribution in [3.05, 3.63) is 63.3 Å². The van der Waals surface area contributed by atoms with Gasteiger partial charge in [0.1, 0.15) is 12.1 Å². The molecule has 1 N–H and O–H groups in total. The van der Waals surface area contributed by atoms with Crippen molar-refractivity contribution < 1.29 is 4.79 Å². The second-order valence-electron chi connectivity index (χ2n) is 6.86. The van der Waals surface area contributed by atoms with E-state index in [0.717, 1.165) is 30.5 Å². The number of fused-ring (bicyclic) bond motifs is 3. The van der Waals surface area contributed by atoms with Crippen LogP contribution in [0.2, 0.25) is 5.02 Å². The fourth-order valence-corrected chi connectivity index (χ4v) is 3.68. The molecule has 1 amide bonds. The van der Waals surface area contributed by atoms with Crippen LogP contribution in [-0.2, 0) is 24.2 Å². The number of halogens is 1. The van der Waals surface area contributed by atoms with E-state index in [2.05, 4.69) is 17.3 Å². The van der Waals surface area contributed by atoms with Crippen molar-refractivity contribution in [2.75, 3.05) is 5.32 Å². The van der Waals surface area contributed by atoms with E-state index < -0.39 is 0 Å². The fraction of sp³-hybridized carbons (Fsp3) is 0.316. The van der Waals surface area contributed by atoms with Gasteiger partial charge in [-0.15, -0.1) is 0 Å². The summed E-state index contributed by atoms with van der Waals surface area (Å²) in [6.45, 7) is 2.13. The van der Waals surface area contributed by atoms with Crippen LogP contribution in [0.5, 0.6) is 0 Å². The maximum absolute atomic E-state index is 12.9. The van der Waals surface area contributed by atoms with Gasteiger partial charge in [0.05, 0.1) is 5.69 Å². The first-order chi connectivity index (χ1) is 12.5. The van der Waals surface area contributed by atoms with Crippen molar-refractivity contribution in [3.8, 4) is 0 Å². The number of rotatable bonds is 3.